The summed E-state index contributed by atoms with van der Waals surface area (Å²) in [5.41, 5.74) is 1.54. The Labute approximate surface area is 161 Å². The Hall–Kier alpha value is -1.97. The topological polar surface area (TPSA) is 77.2 Å². The average molecular weight is 407 g/mol. The second kappa shape index (κ2) is 6.88. The van der Waals surface area contributed by atoms with E-state index in [9.17, 15) is 13.2 Å². The highest BCUT2D eigenvalue weighted by Crippen LogP contribution is 2.34. The average Bonchev–Trinajstić information content (AvgIpc) is 3.07. The first-order valence-corrected chi connectivity index (χ1v) is 11.2. The summed E-state index contributed by atoms with van der Waals surface area (Å²) in [6, 6.07) is 6.57. The van der Waals surface area contributed by atoms with Crippen LogP contribution < -0.4 is 4.87 Å². The highest BCUT2D eigenvalue weighted by molar-refractivity contribution is 7.89. The maximum Gasteiger partial charge on any atom is 0.307 e. The van der Waals surface area contributed by atoms with Crippen LogP contribution in [0.2, 0.25) is 0 Å². The van der Waals surface area contributed by atoms with Gasteiger partial charge in [-0.3, -0.25) is 9.48 Å². The Kier molecular flexibility index (Phi) is 4.69. The highest BCUT2D eigenvalue weighted by Gasteiger charge is 2.34. The van der Waals surface area contributed by atoms with Gasteiger partial charge in [0.05, 0.1) is 26.8 Å². The fourth-order valence-electron chi connectivity index (χ4n) is 3.69. The van der Waals surface area contributed by atoms with Gasteiger partial charge in [0.15, 0.2) is 0 Å². The van der Waals surface area contributed by atoms with Gasteiger partial charge < -0.3 is 4.57 Å². The maximum atomic E-state index is 13.5. The normalized spacial score (nSPS) is 19.4. The van der Waals surface area contributed by atoms with Crippen LogP contribution in [0.5, 0.6) is 0 Å². The number of sulfonamides is 1. The Morgan fingerprint density at radius 3 is 2.70 bits per heavy atom. The number of rotatable bonds is 3. The number of hydrogen-bond acceptors (Lipinski definition) is 5. The summed E-state index contributed by atoms with van der Waals surface area (Å²) in [5.74, 6) is 0. The van der Waals surface area contributed by atoms with E-state index in [4.69, 9.17) is 0 Å². The first-order valence-electron chi connectivity index (χ1n) is 8.99. The molecule has 3 aromatic rings. The van der Waals surface area contributed by atoms with E-state index < -0.39 is 10.0 Å². The molecule has 0 N–H and O–H groups in total. The number of fused-ring (bicyclic) bond motifs is 1. The van der Waals surface area contributed by atoms with Gasteiger partial charge in [0, 0.05) is 26.8 Å². The van der Waals surface area contributed by atoms with E-state index in [1.807, 2.05) is 19.3 Å². The van der Waals surface area contributed by atoms with E-state index in [1.165, 1.54) is 0 Å². The molecule has 0 amide bonds. The van der Waals surface area contributed by atoms with E-state index in [2.05, 4.69) is 5.10 Å². The molecule has 0 radical (unpaired) electrons. The summed E-state index contributed by atoms with van der Waals surface area (Å²) in [6.07, 6.45) is 5.43. The first kappa shape index (κ1) is 18.4. The van der Waals surface area contributed by atoms with Crippen molar-refractivity contribution in [2.75, 3.05) is 6.54 Å². The van der Waals surface area contributed by atoms with Gasteiger partial charge in [-0.15, -0.1) is 0 Å². The van der Waals surface area contributed by atoms with Crippen molar-refractivity contribution in [3.63, 3.8) is 0 Å². The summed E-state index contributed by atoms with van der Waals surface area (Å²) in [6.45, 7) is 0.479. The van der Waals surface area contributed by atoms with Crippen LogP contribution in [0.3, 0.4) is 0 Å². The Morgan fingerprint density at radius 2 is 1.96 bits per heavy atom. The number of benzene rings is 1. The quantitative estimate of drug-likeness (QED) is 0.670. The smallest absolute Gasteiger partial charge is 0.302 e. The third-order valence-corrected chi connectivity index (χ3v) is 8.05. The van der Waals surface area contributed by atoms with Crippen LogP contribution in [0.4, 0.5) is 0 Å². The molecule has 0 unspecified atom stereocenters. The molecule has 27 heavy (non-hydrogen) atoms. The zero-order chi connectivity index (χ0) is 19.2. The molecule has 1 aromatic carbocycles. The fraction of sp³-hybridized carbons (Fsp3) is 0.444. The second-order valence-corrected chi connectivity index (χ2v) is 9.84. The van der Waals surface area contributed by atoms with E-state index >= 15 is 0 Å². The molecular weight excluding hydrogens is 384 g/mol. The van der Waals surface area contributed by atoms with Crippen LogP contribution >= 0.6 is 11.3 Å². The molecule has 2 aromatic heterocycles. The SMILES string of the molecule is Cn1ccc([C@H]2CCCCCN2S(=O)(=O)c2ccc3c(c2)sc(=O)n3C)n1. The third kappa shape index (κ3) is 3.24. The highest BCUT2D eigenvalue weighted by atomic mass is 32.2. The molecule has 0 spiro atoms. The summed E-state index contributed by atoms with van der Waals surface area (Å²) >= 11 is 1.07. The van der Waals surface area contributed by atoms with Crippen molar-refractivity contribution >= 4 is 31.6 Å². The lowest BCUT2D eigenvalue weighted by atomic mass is 10.1. The predicted molar refractivity (Wildman–Crippen MR) is 105 cm³/mol. The zero-order valence-electron chi connectivity index (χ0n) is 15.3. The lowest BCUT2D eigenvalue weighted by molar-refractivity contribution is 0.321. The molecule has 0 saturated carbocycles. The lowest BCUT2D eigenvalue weighted by Crippen LogP contribution is -2.35. The van der Waals surface area contributed by atoms with Gasteiger partial charge in [-0.25, -0.2) is 8.42 Å². The first-order chi connectivity index (χ1) is 12.9. The van der Waals surface area contributed by atoms with Crippen molar-refractivity contribution in [1.82, 2.24) is 18.7 Å². The number of nitrogens with zero attached hydrogens (tertiary/aromatic N) is 4. The van der Waals surface area contributed by atoms with Crippen LogP contribution in [0.25, 0.3) is 10.2 Å². The van der Waals surface area contributed by atoms with Gasteiger partial charge in [0.25, 0.3) is 0 Å². The van der Waals surface area contributed by atoms with Gasteiger partial charge in [0.2, 0.25) is 10.0 Å². The molecule has 1 saturated heterocycles. The Balaban J connectivity index is 1.79. The van der Waals surface area contributed by atoms with Crippen molar-refractivity contribution in [3.8, 4) is 0 Å². The number of hydrogen-bond donors (Lipinski definition) is 0. The van der Waals surface area contributed by atoms with Crippen molar-refractivity contribution < 1.29 is 8.42 Å². The van der Waals surface area contributed by atoms with Crippen molar-refractivity contribution in [2.24, 2.45) is 14.1 Å². The van der Waals surface area contributed by atoms with E-state index in [0.717, 1.165) is 48.2 Å². The molecule has 0 bridgehead atoms. The molecule has 4 rings (SSSR count). The second-order valence-electron chi connectivity index (χ2n) is 6.95. The molecule has 1 atom stereocenters. The van der Waals surface area contributed by atoms with Crippen LogP contribution in [0.15, 0.2) is 40.2 Å². The summed E-state index contributed by atoms with van der Waals surface area (Å²) in [4.78, 5) is 12.0. The monoisotopic (exact) mass is 406 g/mol. The molecular formula is C18H22N4O3S2. The predicted octanol–water partition coefficient (Wildman–Crippen LogP) is 2.64. The number of thiazole rings is 1. The van der Waals surface area contributed by atoms with E-state index in [1.54, 1.807) is 38.8 Å². The molecule has 0 aliphatic carbocycles. The molecule has 1 aliphatic heterocycles. The van der Waals surface area contributed by atoms with Gasteiger partial charge >= 0.3 is 4.87 Å². The Bertz CT molecular complexity index is 1140. The number of aryl methyl sites for hydroxylation is 2. The Morgan fingerprint density at radius 1 is 1.15 bits per heavy atom. The van der Waals surface area contributed by atoms with Gasteiger partial charge in [0.1, 0.15) is 0 Å². The molecule has 7 nitrogen and oxygen atoms in total. The van der Waals surface area contributed by atoms with Crippen LogP contribution in [0.1, 0.15) is 37.4 Å². The summed E-state index contributed by atoms with van der Waals surface area (Å²) in [5, 5.41) is 4.47. The summed E-state index contributed by atoms with van der Waals surface area (Å²) in [7, 11) is -0.156. The van der Waals surface area contributed by atoms with Gasteiger partial charge in [-0.2, -0.15) is 9.40 Å². The van der Waals surface area contributed by atoms with Crippen LogP contribution in [-0.4, -0.2) is 33.6 Å². The fourth-order valence-corrected chi connectivity index (χ4v) is 6.37. The largest absolute Gasteiger partial charge is 0.307 e. The minimum atomic E-state index is -3.69. The van der Waals surface area contributed by atoms with E-state index in [0.29, 0.717) is 11.2 Å². The van der Waals surface area contributed by atoms with Crippen LogP contribution in [0, 0.1) is 0 Å². The molecule has 9 heteroatoms. The minimum absolute atomic E-state index is 0.0966. The van der Waals surface area contributed by atoms with Gasteiger partial charge in [-0.05, 0) is 37.1 Å². The lowest BCUT2D eigenvalue weighted by Gasteiger charge is -2.28. The van der Waals surface area contributed by atoms with Crippen LogP contribution in [-0.2, 0) is 24.1 Å². The van der Waals surface area contributed by atoms with Crippen molar-refractivity contribution in [1.29, 1.82) is 0 Å². The van der Waals surface area contributed by atoms with Crippen molar-refractivity contribution in [3.05, 3.63) is 45.8 Å². The summed E-state index contributed by atoms with van der Waals surface area (Å²) < 4.78 is 32.5. The third-order valence-electron chi connectivity index (χ3n) is 5.15. The molecule has 3 heterocycles. The maximum absolute atomic E-state index is 13.5. The standard InChI is InChI=1S/C18H22N4O3S2/c1-20-11-9-14(19-20)15-6-4-3-5-10-22(15)27(24,25)13-7-8-16-17(12-13)26-18(23)21(16)2/h7-9,11-12,15H,3-6,10H2,1-2H3/t15-/m1/s1. The minimum Gasteiger partial charge on any atom is -0.302 e. The molecule has 1 fully saturated rings. The molecule has 144 valence electrons. The molecule has 1 aliphatic rings. The number of aromatic nitrogens is 3. The van der Waals surface area contributed by atoms with Crippen molar-refractivity contribution in [2.45, 2.75) is 36.6 Å². The van der Waals surface area contributed by atoms with Gasteiger partial charge in [-0.1, -0.05) is 24.2 Å². The zero-order valence-corrected chi connectivity index (χ0v) is 17.0. The van der Waals surface area contributed by atoms with E-state index in [-0.39, 0.29) is 15.8 Å².